The number of aromatic hydroxyl groups is 1. The van der Waals surface area contributed by atoms with Crippen molar-refractivity contribution in [3.8, 4) is 17.1 Å². The van der Waals surface area contributed by atoms with Gasteiger partial charge in [-0.15, -0.1) is 0 Å². The van der Waals surface area contributed by atoms with Gasteiger partial charge in [-0.3, -0.25) is 0 Å². The summed E-state index contributed by atoms with van der Waals surface area (Å²) in [6, 6.07) is 6.35. The molecule has 0 atom stereocenters. The third kappa shape index (κ3) is 2.42. The van der Waals surface area contributed by atoms with Crippen LogP contribution in [0, 0.1) is 5.82 Å². The molecule has 2 N–H and O–H groups in total. The first kappa shape index (κ1) is 13.4. The van der Waals surface area contributed by atoms with Gasteiger partial charge < -0.3 is 10.1 Å². The van der Waals surface area contributed by atoms with E-state index in [-0.39, 0.29) is 17.1 Å². The second-order valence-electron chi connectivity index (χ2n) is 4.48. The average Bonchev–Trinajstić information content (AvgIpc) is 2.80. The summed E-state index contributed by atoms with van der Waals surface area (Å²) >= 11 is 0. The number of aromatic nitrogens is 2. The second-order valence-corrected chi connectivity index (χ2v) is 4.48. The van der Waals surface area contributed by atoms with Crippen molar-refractivity contribution in [3.63, 3.8) is 0 Å². The quantitative estimate of drug-likeness (QED) is 0.664. The minimum absolute atomic E-state index is 0.0257. The zero-order valence-corrected chi connectivity index (χ0v) is 10.4. The molecule has 1 aromatic heterocycles. The maximum Gasteiger partial charge on any atom is 0.416 e. The molecule has 7 heteroatoms. The van der Waals surface area contributed by atoms with Gasteiger partial charge in [-0.25, -0.2) is 9.37 Å². The third-order valence-electron chi connectivity index (χ3n) is 3.01. The van der Waals surface area contributed by atoms with Crippen molar-refractivity contribution in [2.24, 2.45) is 0 Å². The highest BCUT2D eigenvalue weighted by molar-refractivity contribution is 5.80. The molecule has 0 aliphatic rings. The fourth-order valence-corrected chi connectivity index (χ4v) is 2.01. The van der Waals surface area contributed by atoms with E-state index in [0.717, 1.165) is 6.07 Å². The lowest BCUT2D eigenvalue weighted by Crippen LogP contribution is -2.05. The van der Waals surface area contributed by atoms with Gasteiger partial charge in [0.1, 0.15) is 17.4 Å². The minimum Gasteiger partial charge on any atom is -0.508 e. The van der Waals surface area contributed by atoms with Gasteiger partial charge in [0.25, 0.3) is 0 Å². The molecule has 0 radical (unpaired) electrons. The molecular formula is C14H8F4N2O. The molecule has 0 unspecified atom stereocenters. The van der Waals surface area contributed by atoms with Gasteiger partial charge in [-0.2, -0.15) is 13.2 Å². The number of fused-ring (bicyclic) bond motifs is 1. The van der Waals surface area contributed by atoms with Crippen LogP contribution in [0.1, 0.15) is 5.56 Å². The average molecular weight is 296 g/mol. The predicted molar refractivity (Wildman–Crippen MR) is 68.2 cm³/mol. The predicted octanol–water partition coefficient (Wildman–Crippen LogP) is 4.09. The van der Waals surface area contributed by atoms with Crippen LogP contribution in [-0.4, -0.2) is 15.1 Å². The number of H-pyrrole nitrogens is 1. The Kier molecular flexibility index (Phi) is 2.86. The van der Waals surface area contributed by atoms with Crippen molar-refractivity contribution in [2.75, 3.05) is 0 Å². The Morgan fingerprint density at radius 3 is 2.52 bits per heavy atom. The zero-order chi connectivity index (χ0) is 15.2. The van der Waals surface area contributed by atoms with E-state index >= 15 is 0 Å². The van der Waals surface area contributed by atoms with Crippen LogP contribution < -0.4 is 0 Å². The maximum atomic E-state index is 13.8. The van der Waals surface area contributed by atoms with Crippen LogP contribution >= 0.6 is 0 Å². The molecule has 0 fully saturated rings. The number of aromatic amines is 1. The van der Waals surface area contributed by atoms with Crippen LogP contribution in [0.5, 0.6) is 5.75 Å². The van der Waals surface area contributed by atoms with Gasteiger partial charge in [0.15, 0.2) is 0 Å². The fraction of sp³-hybridized carbons (Fsp3) is 0.0714. The molecule has 0 bridgehead atoms. The molecule has 0 aliphatic carbocycles. The Morgan fingerprint density at radius 2 is 1.81 bits per heavy atom. The molecular weight excluding hydrogens is 288 g/mol. The molecule has 3 nitrogen and oxygen atoms in total. The van der Waals surface area contributed by atoms with Crippen molar-refractivity contribution in [1.29, 1.82) is 0 Å². The zero-order valence-electron chi connectivity index (χ0n) is 10.4. The maximum absolute atomic E-state index is 13.8. The Balaban J connectivity index is 2.17. The summed E-state index contributed by atoms with van der Waals surface area (Å²) in [7, 11) is 0. The number of benzene rings is 2. The number of phenols is 1. The first-order valence-electron chi connectivity index (χ1n) is 5.90. The third-order valence-corrected chi connectivity index (χ3v) is 3.01. The molecule has 0 aliphatic heterocycles. The number of hydrogen-bond acceptors (Lipinski definition) is 2. The van der Waals surface area contributed by atoms with Crippen LogP contribution in [0.15, 0.2) is 36.4 Å². The van der Waals surface area contributed by atoms with Crippen molar-refractivity contribution in [1.82, 2.24) is 9.97 Å². The normalized spacial score (nSPS) is 12.0. The van der Waals surface area contributed by atoms with Gasteiger partial charge in [-0.05, 0) is 30.3 Å². The lowest BCUT2D eigenvalue weighted by Gasteiger charge is -2.08. The topological polar surface area (TPSA) is 48.9 Å². The highest BCUT2D eigenvalue weighted by Gasteiger charge is 2.31. The summed E-state index contributed by atoms with van der Waals surface area (Å²) in [4.78, 5) is 6.73. The molecule has 0 amide bonds. The van der Waals surface area contributed by atoms with Crippen LogP contribution in [0.25, 0.3) is 22.4 Å². The van der Waals surface area contributed by atoms with Gasteiger partial charge >= 0.3 is 6.18 Å². The van der Waals surface area contributed by atoms with Crippen LogP contribution in [0.4, 0.5) is 17.6 Å². The van der Waals surface area contributed by atoms with E-state index in [1.807, 2.05) is 0 Å². The molecule has 0 saturated heterocycles. The van der Waals surface area contributed by atoms with Crippen LogP contribution in [0.2, 0.25) is 0 Å². The molecule has 21 heavy (non-hydrogen) atoms. The van der Waals surface area contributed by atoms with Crippen molar-refractivity contribution < 1.29 is 22.7 Å². The monoisotopic (exact) mass is 296 g/mol. The summed E-state index contributed by atoms with van der Waals surface area (Å²) in [5.41, 5.74) is -0.413. The highest BCUT2D eigenvalue weighted by Crippen LogP contribution is 2.33. The van der Waals surface area contributed by atoms with E-state index in [2.05, 4.69) is 9.97 Å². The standard InChI is InChI=1S/C14H8F4N2O/c15-10-3-1-7(14(16,17)18)5-9(10)13-19-11-4-2-8(21)6-12(11)20-13/h1-6,21H,(H,19,20). The number of nitrogens with one attached hydrogen (secondary N) is 1. The number of halogens is 4. The Bertz CT molecular complexity index is 823. The molecule has 0 saturated carbocycles. The number of phenolic OH excluding ortho intramolecular Hbond substituents is 1. The summed E-state index contributed by atoms with van der Waals surface area (Å²) in [6.07, 6.45) is -4.56. The SMILES string of the molecule is Oc1ccc2nc(-c3cc(C(F)(F)F)ccc3F)[nH]c2c1. The molecule has 108 valence electrons. The van der Waals surface area contributed by atoms with E-state index in [4.69, 9.17) is 0 Å². The summed E-state index contributed by atoms with van der Waals surface area (Å²) in [6.45, 7) is 0. The van der Waals surface area contributed by atoms with E-state index in [1.165, 1.54) is 18.2 Å². The Hall–Kier alpha value is -2.57. The number of hydrogen-bond donors (Lipinski definition) is 2. The van der Waals surface area contributed by atoms with E-state index in [1.54, 1.807) is 0 Å². The van der Waals surface area contributed by atoms with Crippen molar-refractivity contribution in [3.05, 3.63) is 47.8 Å². The first-order valence-corrected chi connectivity index (χ1v) is 5.90. The molecule has 3 aromatic rings. The number of nitrogens with zero attached hydrogens (tertiary/aromatic N) is 1. The Morgan fingerprint density at radius 1 is 1.05 bits per heavy atom. The van der Waals surface area contributed by atoms with Crippen molar-refractivity contribution in [2.45, 2.75) is 6.18 Å². The van der Waals surface area contributed by atoms with E-state index in [9.17, 15) is 22.7 Å². The lowest BCUT2D eigenvalue weighted by molar-refractivity contribution is -0.137. The highest BCUT2D eigenvalue weighted by atomic mass is 19.4. The summed E-state index contributed by atoms with van der Waals surface area (Å²) in [5.74, 6) is -0.868. The number of imidazole rings is 1. The van der Waals surface area contributed by atoms with Gasteiger partial charge in [0, 0.05) is 6.07 Å². The first-order chi connectivity index (χ1) is 9.84. The largest absolute Gasteiger partial charge is 0.508 e. The number of rotatable bonds is 1. The molecule has 2 aromatic carbocycles. The summed E-state index contributed by atoms with van der Waals surface area (Å²) < 4.78 is 51.8. The second kappa shape index (κ2) is 4.47. The van der Waals surface area contributed by atoms with Crippen molar-refractivity contribution >= 4 is 11.0 Å². The molecule has 3 rings (SSSR count). The van der Waals surface area contributed by atoms with Crippen LogP contribution in [-0.2, 0) is 6.18 Å². The molecule has 0 spiro atoms. The number of alkyl halides is 3. The summed E-state index contributed by atoms with van der Waals surface area (Å²) in [5, 5.41) is 9.34. The fourth-order valence-electron chi connectivity index (χ4n) is 2.01. The lowest BCUT2D eigenvalue weighted by atomic mass is 10.1. The smallest absolute Gasteiger partial charge is 0.416 e. The van der Waals surface area contributed by atoms with Gasteiger partial charge in [0.05, 0.1) is 22.2 Å². The van der Waals surface area contributed by atoms with E-state index < -0.39 is 17.6 Å². The van der Waals surface area contributed by atoms with Gasteiger partial charge in [0.2, 0.25) is 0 Å². The molecule has 1 heterocycles. The van der Waals surface area contributed by atoms with E-state index in [0.29, 0.717) is 23.2 Å². The minimum atomic E-state index is -4.56. The van der Waals surface area contributed by atoms with Gasteiger partial charge in [-0.1, -0.05) is 0 Å². The van der Waals surface area contributed by atoms with Crippen LogP contribution in [0.3, 0.4) is 0 Å². The Labute approximate surface area is 115 Å².